The van der Waals surface area contributed by atoms with Gasteiger partial charge < -0.3 is 15.7 Å². The molecule has 156 valence electrons. The first-order valence-corrected chi connectivity index (χ1v) is 13.8. The maximum absolute atomic E-state index is 13.0. The molecule has 2 aromatic carbocycles. The average Bonchev–Trinajstić information content (AvgIpc) is 3.47. The molecule has 0 aliphatic heterocycles. The van der Waals surface area contributed by atoms with Crippen LogP contribution < -0.4 is 10.6 Å². The number of hydrogen-bond donors (Lipinski definition) is 3. The number of aromatic hydroxyl groups is 1. The first-order chi connectivity index (χ1) is 14.1. The molecule has 2 amide bonds. The Bertz CT molecular complexity index is 986. The van der Waals surface area contributed by atoms with Gasteiger partial charge in [-0.05, 0) is 54.3 Å². The van der Waals surface area contributed by atoms with Crippen LogP contribution in [0.5, 0.6) is 5.75 Å². The number of rotatable bonds is 7. The number of carbonyl (C=O) groups is 2. The minimum Gasteiger partial charge on any atom is -0.508 e. The quantitative estimate of drug-likeness (QED) is 0.594. The molecule has 0 heterocycles. The van der Waals surface area contributed by atoms with Crippen molar-refractivity contribution in [3.8, 4) is 22.9 Å². The summed E-state index contributed by atoms with van der Waals surface area (Å²) in [7, 11) is -1.67. The zero-order valence-electron chi connectivity index (χ0n) is 17.5. The molecule has 7 heteroatoms. The Morgan fingerprint density at radius 1 is 1.13 bits per heavy atom. The molecule has 1 saturated carbocycles. The fourth-order valence-corrected chi connectivity index (χ4v) is 4.78. The van der Waals surface area contributed by atoms with Crippen molar-refractivity contribution in [2.24, 2.45) is 0 Å². The van der Waals surface area contributed by atoms with E-state index in [2.05, 4.69) is 36.3 Å². The van der Waals surface area contributed by atoms with Gasteiger partial charge in [0.2, 0.25) is 5.91 Å². The molecule has 3 rings (SSSR count). The number of hydrogen-bond acceptors (Lipinski definition) is 4. The number of phenols is 1. The van der Waals surface area contributed by atoms with Gasteiger partial charge in [-0.15, -0.1) is 0 Å². The van der Waals surface area contributed by atoms with Crippen LogP contribution in [-0.2, 0) is 4.79 Å². The maximum Gasteiger partial charge on any atom is 0.251 e. The molecule has 3 N–H and O–H groups in total. The molecule has 0 saturated heterocycles. The number of carbonyl (C=O) groups excluding carboxylic acids is 2. The van der Waals surface area contributed by atoms with Gasteiger partial charge in [0.25, 0.3) is 5.91 Å². The van der Waals surface area contributed by atoms with Crippen molar-refractivity contribution in [2.45, 2.75) is 50.1 Å². The zero-order valence-corrected chi connectivity index (χ0v) is 18.5. The molecule has 1 atom stereocenters. The van der Waals surface area contributed by atoms with E-state index in [0.717, 1.165) is 11.1 Å². The van der Waals surface area contributed by atoms with E-state index in [1.807, 2.05) is 6.07 Å². The minimum atomic E-state index is -1.67. The second kappa shape index (κ2) is 8.32. The predicted octanol–water partition coefficient (Wildman–Crippen LogP) is 3.67. The number of amides is 2. The van der Waals surface area contributed by atoms with Crippen molar-refractivity contribution in [1.29, 1.82) is 5.26 Å². The van der Waals surface area contributed by atoms with Gasteiger partial charge in [0.1, 0.15) is 17.3 Å². The summed E-state index contributed by atoms with van der Waals surface area (Å²) in [4.78, 5) is 25.8. The fraction of sp³-hybridized carbons (Fsp3) is 0.348. The third-order valence-corrected chi connectivity index (χ3v) is 6.72. The molecular weight excluding hydrogens is 394 g/mol. The van der Waals surface area contributed by atoms with Crippen LogP contribution in [-0.4, -0.2) is 36.6 Å². The highest BCUT2D eigenvalue weighted by molar-refractivity contribution is 6.76. The van der Waals surface area contributed by atoms with Crippen molar-refractivity contribution in [3.05, 3.63) is 54.1 Å². The largest absolute Gasteiger partial charge is 0.508 e. The van der Waals surface area contributed by atoms with E-state index >= 15 is 0 Å². The zero-order chi connectivity index (χ0) is 21.9. The van der Waals surface area contributed by atoms with E-state index in [-0.39, 0.29) is 17.6 Å². The number of benzene rings is 2. The SMILES string of the molecule is C[Si](C)(C)CC(NC(=O)c1cccc(-c2ccc(O)cc2)c1)C(=O)NC1(C#N)CC1. The minimum absolute atomic E-state index is 0.179. The lowest BCUT2D eigenvalue weighted by Crippen LogP contribution is -2.52. The Kier molecular flexibility index (Phi) is 5.99. The first-order valence-electron chi connectivity index (χ1n) is 10.0. The second-order valence-electron chi connectivity index (χ2n) is 9.10. The molecule has 0 bridgehead atoms. The Labute approximate surface area is 177 Å². The highest BCUT2D eigenvalue weighted by Crippen LogP contribution is 2.34. The van der Waals surface area contributed by atoms with E-state index in [9.17, 15) is 20.0 Å². The summed E-state index contributed by atoms with van der Waals surface area (Å²) in [6.45, 7) is 6.42. The normalized spacial score (nSPS) is 15.5. The van der Waals surface area contributed by atoms with Crippen LogP contribution in [0.4, 0.5) is 0 Å². The van der Waals surface area contributed by atoms with Gasteiger partial charge in [0.05, 0.1) is 6.07 Å². The fourth-order valence-electron chi connectivity index (χ4n) is 3.27. The summed E-state index contributed by atoms with van der Waals surface area (Å²) in [5.74, 6) is -0.436. The Balaban J connectivity index is 1.78. The molecule has 0 spiro atoms. The van der Waals surface area contributed by atoms with Crippen LogP contribution in [0.1, 0.15) is 23.2 Å². The Morgan fingerprint density at radius 2 is 1.80 bits per heavy atom. The topological polar surface area (TPSA) is 102 Å². The van der Waals surface area contributed by atoms with Gasteiger partial charge in [-0.25, -0.2) is 0 Å². The summed E-state index contributed by atoms with van der Waals surface area (Å²) < 4.78 is 0. The number of nitriles is 1. The Morgan fingerprint density at radius 3 is 2.37 bits per heavy atom. The van der Waals surface area contributed by atoms with Gasteiger partial charge in [0.15, 0.2) is 0 Å². The van der Waals surface area contributed by atoms with Crippen LogP contribution in [0.2, 0.25) is 25.7 Å². The number of nitrogens with one attached hydrogen (secondary N) is 2. The average molecular weight is 422 g/mol. The summed E-state index contributed by atoms with van der Waals surface area (Å²) in [5.41, 5.74) is 1.41. The van der Waals surface area contributed by atoms with Gasteiger partial charge in [-0.3, -0.25) is 9.59 Å². The third-order valence-electron chi connectivity index (χ3n) is 5.09. The lowest BCUT2D eigenvalue weighted by Gasteiger charge is -2.26. The van der Waals surface area contributed by atoms with Gasteiger partial charge in [-0.2, -0.15) is 5.26 Å². The van der Waals surface area contributed by atoms with E-state index in [0.29, 0.717) is 24.4 Å². The van der Waals surface area contributed by atoms with E-state index in [1.165, 1.54) is 0 Å². The number of nitrogens with zero attached hydrogens (tertiary/aromatic N) is 1. The van der Waals surface area contributed by atoms with Gasteiger partial charge in [0, 0.05) is 13.6 Å². The first kappa shape index (κ1) is 21.6. The van der Waals surface area contributed by atoms with Gasteiger partial charge >= 0.3 is 0 Å². The highest BCUT2D eigenvalue weighted by Gasteiger charge is 2.46. The summed E-state index contributed by atoms with van der Waals surface area (Å²) in [5, 5.41) is 24.5. The van der Waals surface area contributed by atoms with Crippen LogP contribution in [0.15, 0.2) is 48.5 Å². The molecular formula is C23H27N3O3Si. The lowest BCUT2D eigenvalue weighted by molar-refractivity contribution is -0.123. The molecule has 6 nitrogen and oxygen atoms in total. The molecule has 2 aromatic rings. The van der Waals surface area contributed by atoms with Crippen molar-refractivity contribution >= 4 is 19.9 Å². The summed E-state index contributed by atoms with van der Waals surface area (Å²) in [6, 6.07) is 16.0. The smallest absolute Gasteiger partial charge is 0.251 e. The van der Waals surface area contributed by atoms with Crippen LogP contribution >= 0.6 is 0 Å². The van der Waals surface area contributed by atoms with Crippen molar-refractivity contribution in [1.82, 2.24) is 10.6 Å². The second-order valence-corrected chi connectivity index (χ2v) is 14.6. The van der Waals surface area contributed by atoms with Gasteiger partial charge in [-0.1, -0.05) is 43.9 Å². The molecule has 1 unspecified atom stereocenters. The molecule has 0 radical (unpaired) electrons. The molecule has 1 aliphatic rings. The maximum atomic E-state index is 13.0. The monoisotopic (exact) mass is 421 g/mol. The van der Waals surface area contributed by atoms with Crippen molar-refractivity contribution < 1.29 is 14.7 Å². The lowest BCUT2D eigenvalue weighted by atomic mass is 10.0. The van der Waals surface area contributed by atoms with Crippen LogP contribution in [0.25, 0.3) is 11.1 Å². The Hall–Kier alpha value is -3.11. The summed E-state index contributed by atoms with van der Waals surface area (Å²) in [6.07, 6.45) is 1.30. The van der Waals surface area contributed by atoms with E-state index in [1.54, 1.807) is 42.5 Å². The molecule has 0 aromatic heterocycles. The summed E-state index contributed by atoms with van der Waals surface area (Å²) >= 11 is 0. The van der Waals surface area contributed by atoms with E-state index < -0.39 is 19.7 Å². The highest BCUT2D eigenvalue weighted by atomic mass is 28.3. The van der Waals surface area contributed by atoms with E-state index in [4.69, 9.17) is 0 Å². The van der Waals surface area contributed by atoms with Crippen LogP contribution in [0.3, 0.4) is 0 Å². The molecule has 1 aliphatic carbocycles. The van der Waals surface area contributed by atoms with Crippen molar-refractivity contribution in [3.63, 3.8) is 0 Å². The molecule has 1 fully saturated rings. The molecule has 30 heavy (non-hydrogen) atoms. The van der Waals surface area contributed by atoms with Crippen LogP contribution in [0, 0.1) is 11.3 Å². The third kappa shape index (κ3) is 5.48. The van der Waals surface area contributed by atoms with Crippen molar-refractivity contribution in [2.75, 3.05) is 0 Å². The standard InChI is InChI=1S/C23H27N3O3Si/c1-30(2,3)14-20(22(29)26-23(15-24)11-12-23)25-21(28)18-6-4-5-17(13-18)16-7-9-19(27)10-8-16/h4-10,13,20,27H,11-12,14H2,1-3H3,(H,25,28)(H,26,29). The predicted molar refractivity (Wildman–Crippen MR) is 119 cm³/mol. The number of phenolic OH excluding ortho intramolecular Hbond substituents is 1.